The first-order chi connectivity index (χ1) is 12.0. The van der Waals surface area contributed by atoms with Crippen molar-refractivity contribution >= 4 is 38.7 Å². The van der Waals surface area contributed by atoms with Gasteiger partial charge in [-0.05, 0) is 37.1 Å². The van der Waals surface area contributed by atoms with E-state index in [-0.39, 0.29) is 11.5 Å². The molecule has 25 heavy (non-hydrogen) atoms. The molecule has 0 fully saturated rings. The second-order valence-electron chi connectivity index (χ2n) is 5.83. The molecule has 0 aliphatic carbocycles. The first-order valence-corrected chi connectivity index (χ1v) is 8.97. The van der Waals surface area contributed by atoms with Crippen LogP contribution in [0.1, 0.15) is 35.7 Å². The molecule has 0 spiro atoms. The zero-order valence-corrected chi connectivity index (χ0v) is 15.2. The molecule has 2 heterocycles. The summed E-state index contributed by atoms with van der Waals surface area (Å²) >= 11 is 1.49. The molecule has 5 nitrogen and oxygen atoms in total. The maximum Gasteiger partial charge on any atom is 0.166 e. The number of nitrogens with zero attached hydrogens (tertiary/aromatic N) is 1. The fourth-order valence-corrected chi connectivity index (χ4v) is 3.69. The predicted octanol–water partition coefficient (Wildman–Crippen LogP) is 5.05. The lowest BCUT2D eigenvalue weighted by atomic mass is 10.1. The number of hydrogen-bond acceptors (Lipinski definition) is 6. The highest BCUT2D eigenvalue weighted by Gasteiger charge is 2.19. The van der Waals surface area contributed by atoms with Gasteiger partial charge in [0, 0.05) is 23.7 Å². The maximum atomic E-state index is 12.6. The monoisotopic (exact) mass is 356 g/mol. The van der Waals surface area contributed by atoms with Crippen LogP contribution in [-0.2, 0) is 0 Å². The van der Waals surface area contributed by atoms with Crippen LogP contribution >= 0.6 is 11.3 Å². The molecule has 1 aromatic carbocycles. The molecule has 0 radical (unpaired) electrons. The first kappa shape index (κ1) is 17.2. The molecule has 0 saturated heterocycles. The summed E-state index contributed by atoms with van der Waals surface area (Å²) in [6.45, 7) is 3.89. The van der Waals surface area contributed by atoms with E-state index in [4.69, 9.17) is 4.74 Å². The van der Waals surface area contributed by atoms with Crippen molar-refractivity contribution in [2.45, 2.75) is 26.7 Å². The topological polar surface area (TPSA) is 71.5 Å². The minimum Gasteiger partial charge on any atom is -0.508 e. The third-order valence-corrected chi connectivity index (χ3v) is 4.98. The lowest BCUT2D eigenvalue weighted by Crippen LogP contribution is -2.05. The number of fused-ring (bicyclic) bond motifs is 1. The summed E-state index contributed by atoms with van der Waals surface area (Å²) in [7, 11) is 1.61. The number of phenols is 1. The van der Waals surface area contributed by atoms with E-state index in [9.17, 15) is 9.90 Å². The van der Waals surface area contributed by atoms with Crippen LogP contribution in [0.5, 0.6) is 11.5 Å². The van der Waals surface area contributed by atoms with Gasteiger partial charge in [-0.3, -0.25) is 9.78 Å². The Bertz CT molecular complexity index is 934. The SMILES string of the molecule is CCCC(=O)c1cnc2c(OC)csc2c1Nc1ccc(O)cc1C. The molecule has 0 unspecified atom stereocenters. The molecule has 0 saturated carbocycles. The summed E-state index contributed by atoms with van der Waals surface area (Å²) in [5.74, 6) is 0.964. The second-order valence-corrected chi connectivity index (χ2v) is 6.71. The molecular formula is C19H20N2O3S. The Hall–Kier alpha value is -2.60. The molecule has 6 heteroatoms. The molecule has 0 aliphatic heterocycles. The number of Topliss-reactive ketones (excluding diaryl/α,β-unsaturated/α-hetero) is 1. The molecule has 3 aromatic rings. The van der Waals surface area contributed by atoms with Gasteiger partial charge in [-0.25, -0.2) is 0 Å². The van der Waals surface area contributed by atoms with Gasteiger partial charge in [0.2, 0.25) is 0 Å². The quantitative estimate of drug-likeness (QED) is 0.478. The van der Waals surface area contributed by atoms with E-state index >= 15 is 0 Å². The van der Waals surface area contributed by atoms with Crippen molar-refractivity contribution in [2.75, 3.05) is 12.4 Å². The van der Waals surface area contributed by atoms with Crippen LogP contribution in [0.3, 0.4) is 0 Å². The molecule has 130 valence electrons. The van der Waals surface area contributed by atoms with E-state index in [2.05, 4.69) is 10.3 Å². The average molecular weight is 356 g/mol. The Kier molecular flexibility index (Phi) is 4.90. The number of phenolic OH excluding ortho intramolecular Hbond substituents is 1. The van der Waals surface area contributed by atoms with Crippen molar-refractivity contribution in [1.82, 2.24) is 4.98 Å². The van der Waals surface area contributed by atoms with Crippen LogP contribution < -0.4 is 10.1 Å². The van der Waals surface area contributed by atoms with Gasteiger partial charge >= 0.3 is 0 Å². The average Bonchev–Trinajstić information content (AvgIpc) is 3.01. The van der Waals surface area contributed by atoms with Gasteiger partial charge in [0.15, 0.2) is 11.5 Å². The zero-order chi connectivity index (χ0) is 18.0. The number of ether oxygens (including phenoxy) is 1. The Morgan fingerprint density at radius 2 is 2.20 bits per heavy atom. The largest absolute Gasteiger partial charge is 0.508 e. The molecule has 3 rings (SSSR count). The highest BCUT2D eigenvalue weighted by molar-refractivity contribution is 7.18. The van der Waals surface area contributed by atoms with E-state index in [0.29, 0.717) is 17.7 Å². The fourth-order valence-electron chi connectivity index (χ4n) is 2.72. The molecule has 0 aliphatic rings. The van der Waals surface area contributed by atoms with Crippen molar-refractivity contribution in [3.63, 3.8) is 0 Å². The predicted molar refractivity (Wildman–Crippen MR) is 102 cm³/mol. The number of pyridine rings is 1. The molecule has 0 atom stereocenters. The minimum absolute atomic E-state index is 0.0585. The number of ketones is 1. The van der Waals surface area contributed by atoms with E-state index in [1.165, 1.54) is 11.3 Å². The van der Waals surface area contributed by atoms with Gasteiger partial charge in [-0.1, -0.05) is 6.92 Å². The number of carbonyl (C=O) groups is 1. The second kappa shape index (κ2) is 7.11. The summed E-state index contributed by atoms with van der Waals surface area (Å²) in [5, 5.41) is 14.9. The summed E-state index contributed by atoms with van der Waals surface area (Å²) in [6.07, 6.45) is 2.87. The Labute approximate surface area is 150 Å². The lowest BCUT2D eigenvalue weighted by molar-refractivity contribution is 0.0982. The van der Waals surface area contributed by atoms with Crippen molar-refractivity contribution in [1.29, 1.82) is 0 Å². The highest BCUT2D eigenvalue weighted by Crippen LogP contribution is 2.39. The lowest BCUT2D eigenvalue weighted by Gasteiger charge is -2.14. The number of hydrogen-bond donors (Lipinski definition) is 2. The zero-order valence-electron chi connectivity index (χ0n) is 14.4. The normalized spacial score (nSPS) is 10.8. The van der Waals surface area contributed by atoms with Crippen LogP contribution in [0.2, 0.25) is 0 Å². The number of benzene rings is 1. The number of methoxy groups -OCH3 is 1. The molecule has 0 amide bonds. The number of aromatic nitrogens is 1. The number of aryl methyl sites for hydroxylation is 1. The number of rotatable bonds is 6. The molecule has 0 bridgehead atoms. The third kappa shape index (κ3) is 3.30. The Morgan fingerprint density at radius 1 is 1.40 bits per heavy atom. The van der Waals surface area contributed by atoms with Crippen molar-refractivity contribution in [3.05, 3.63) is 40.9 Å². The highest BCUT2D eigenvalue weighted by atomic mass is 32.1. The van der Waals surface area contributed by atoms with Gasteiger partial charge in [-0.15, -0.1) is 11.3 Å². The number of carbonyl (C=O) groups excluding carboxylic acids is 1. The van der Waals surface area contributed by atoms with Gasteiger partial charge in [0.05, 0.1) is 23.1 Å². The number of nitrogens with one attached hydrogen (secondary N) is 1. The van der Waals surface area contributed by atoms with Crippen LogP contribution in [-0.4, -0.2) is 23.0 Å². The third-order valence-electron chi connectivity index (χ3n) is 4.02. The van der Waals surface area contributed by atoms with Crippen LogP contribution in [0.15, 0.2) is 29.8 Å². The van der Waals surface area contributed by atoms with Crippen molar-refractivity contribution in [2.24, 2.45) is 0 Å². The standard InChI is InChI=1S/C19H20N2O3S/c1-4-5-15(23)13-9-20-18-16(24-3)10-25-19(18)17(13)21-14-7-6-12(22)8-11(14)2/h6-10,22H,4-5H2,1-3H3,(H,20,21). The van der Waals surface area contributed by atoms with Gasteiger partial charge < -0.3 is 15.2 Å². The summed E-state index contributed by atoms with van der Waals surface area (Å²) in [5.41, 5.74) is 3.78. The summed E-state index contributed by atoms with van der Waals surface area (Å²) in [4.78, 5) is 17.0. The Morgan fingerprint density at radius 3 is 2.88 bits per heavy atom. The number of aromatic hydroxyl groups is 1. The van der Waals surface area contributed by atoms with Crippen molar-refractivity contribution < 1.29 is 14.6 Å². The van der Waals surface area contributed by atoms with Gasteiger partial charge in [-0.2, -0.15) is 0 Å². The van der Waals surface area contributed by atoms with Gasteiger partial charge in [0.25, 0.3) is 0 Å². The van der Waals surface area contributed by atoms with E-state index < -0.39 is 0 Å². The maximum absolute atomic E-state index is 12.6. The smallest absolute Gasteiger partial charge is 0.166 e. The fraction of sp³-hybridized carbons (Fsp3) is 0.263. The molecule has 2 aromatic heterocycles. The first-order valence-electron chi connectivity index (χ1n) is 8.09. The van der Waals surface area contributed by atoms with E-state index in [1.54, 1.807) is 31.5 Å². The summed E-state index contributed by atoms with van der Waals surface area (Å²) in [6, 6.07) is 5.11. The van der Waals surface area contributed by atoms with Crippen molar-refractivity contribution in [3.8, 4) is 11.5 Å². The minimum atomic E-state index is 0.0585. The molecular weight excluding hydrogens is 336 g/mol. The van der Waals surface area contributed by atoms with E-state index in [0.717, 1.165) is 33.6 Å². The number of thiophene rings is 1. The van der Waals surface area contributed by atoms with Crippen LogP contribution in [0.4, 0.5) is 11.4 Å². The number of anilines is 2. The van der Waals surface area contributed by atoms with Crippen LogP contribution in [0.25, 0.3) is 10.2 Å². The van der Waals surface area contributed by atoms with Crippen LogP contribution in [0, 0.1) is 6.92 Å². The summed E-state index contributed by atoms with van der Waals surface area (Å²) < 4.78 is 6.24. The van der Waals surface area contributed by atoms with E-state index in [1.807, 2.05) is 19.2 Å². The molecule has 2 N–H and O–H groups in total. The Balaban J connectivity index is 2.16. The van der Waals surface area contributed by atoms with Gasteiger partial charge in [0.1, 0.15) is 11.3 Å².